The average Bonchev–Trinajstić information content (AvgIpc) is 3.34. The van der Waals surface area contributed by atoms with Gasteiger partial charge in [0.05, 0.1) is 29.5 Å². The summed E-state index contributed by atoms with van der Waals surface area (Å²) in [5.74, 6) is 0.661. The van der Waals surface area contributed by atoms with Gasteiger partial charge >= 0.3 is 5.97 Å². The number of hydrogen-bond acceptors (Lipinski definition) is 7. The first-order valence-electron chi connectivity index (χ1n) is 14.1. The largest absolute Gasteiger partial charge is 0.496 e. The molecule has 7 nitrogen and oxygen atoms in total. The van der Waals surface area contributed by atoms with Gasteiger partial charge in [-0.05, 0) is 60.5 Å². The summed E-state index contributed by atoms with van der Waals surface area (Å²) in [6.45, 7) is 4.05. The van der Waals surface area contributed by atoms with Crippen LogP contribution in [0.15, 0.2) is 106 Å². The number of fused-ring (bicyclic) bond motifs is 2. The molecule has 5 aromatic rings. The number of benzene rings is 4. The highest BCUT2D eigenvalue weighted by Crippen LogP contribution is 2.40. The van der Waals surface area contributed by atoms with Crippen molar-refractivity contribution in [2.45, 2.75) is 26.5 Å². The van der Waals surface area contributed by atoms with Crippen LogP contribution < -0.4 is 24.4 Å². The van der Waals surface area contributed by atoms with E-state index in [9.17, 15) is 9.59 Å². The third-order valence-corrected chi connectivity index (χ3v) is 8.69. The van der Waals surface area contributed by atoms with Gasteiger partial charge in [0.25, 0.3) is 5.56 Å². The summed E-state index contributed by atoms with van der Waals surface area (Å²) in [7, 11) is 1.58. The van der Waals surface area contributed by atoms with E-state index in [0.717, 1.165) is 21.9 Å². The number of methoxy groups -OCH3 is 1. The number of para-hydroxylation sites is 1. The average molecular weight is 625 g/mol. The second-order valence-electron chi connectivity index (χ2n) is 10.2. The number of aromatic nitrogens is 1. The number of rotatable bonds is 8. The van der Waals surface area contributed by atoms with Gasteiger partial charge in [-0.15, -0.1) is 0 Å². The van der Waals surface area contributed by atoms with Crippen LogP contribution in [0, 0.1) is 0 Å². The molecule has 4 aromatic carbocycles. The first-order chi connectivity index (χ1) is 21.4. The van der Waals surface area contributed by atoms with Crippen molar-refractivity contribution in [2.75, 3.05) is 13.7 Å². The molecule has 6 rings (SSSR count). The second kappa shape index (κ2) is 12.5. The zero-order valence-corrected chi connectivity index (χ0v) is 25.9. The third kappa shape index (κ3) is 5.54. The number of carbonyl (C=O) groups excluding carboxylic acids is 1. The fraction of sp³-hybridized carbons (Fsp3) is 0.171. The summed E-state index contributed by atoms with van der Waals surface area (Å²) in [6, 6.07) is 25.8. The molecule has 0 unspecified atom stereocenters. The molecule has 222 valence electrons. The van der Waals surface area contributed by atoms with Crippen LogP contribution in [-0.2, 0) is 16.1 Å². The van der Waals surface area contributed by atoms with E-state index < -0.39 is 12.0 Å². The monoisotopic (exact) mass is 624 g/mol. The molecule has 1 aliphatic rings. The lowest BCUT2D eigenvalue weighted by atomic mass is 9.90. The quantitative estimate of drug-likeness (QED) is 0.192. The van der Waals surface area contributed by atoms with E-state index in [2.05, 4.69) is 0 Å². The lowest BCUT2D eigenvalue weighted by molar-refractivity contribution is -0.139. The van der Waals surface area contributed by atoms with Crippen LogP contribution >= 0.6 is 22.9 Å². The molecule has 9 heteroatoms. The summed E-state index contributed by atoms with van der Waals surface area (Å²) in [5, 5.41) is 2.48. The van der Waals surface area contributed by atoms with Gasteiger partial charge in [-0.1, -0.05) is 83.6 Å². The summed E-state index contributed by atoms with van der Waals surface area (Å²) in [5.41, 5.74) is 2.91. The standard InChI is InChI=1S/C35H29ClN2O5S/c1-4-42-34(40)30-21(2)37-35-38(32(30)31-26-11-7-5-9-23(26)15-18-28(31)41-3)33(39)29(44-35)19-24-10-6-8-12-27(24)43-20-22-13-16-25(36)17-14-22/h5-19,32H,4,20H2,1-3H3/b29-19-/t32-/m1/s1. The van der Waals surface area contributed by atoms with Crippen LogP contribution in [0.3, 0.4) is 0 Å². The molecule has 0 fully saturated rings. The lowest BCUT2D eigenvalue weighted by Crippen LogP contribution is -2.40. The predicted molar refractivity (Wildman–Crippen MR) is 173 cm³/mol. The zero-order valence-electron chi connectivity index (χ0n) is 24.4. The minimum atomic E-state index is -0.815. The van der Waals surface area contributed by atoms with E-state index in [1.807, 2.05) is 91.0 Å². The topological polar surface area (TPSA) is 79.1 Å². The molecule has 0 bridgehead atoms. The minimum absolute atomic E-state index is 0.187. The van der Waals surface area contributed by atoms with Gasteiger partial charge in [-0.25, -0.2) is 9.79 Å². The number of hydrogen-bond donors (Lipinski definition) is 0. The molecular weight excluding hydrogens is 596 g/mol. The Morgan fingerprint density at radius 1 is 1.00 bits per heavy atom. The maximum atomic E-state index is 14.3. The Kier molecular flexibility index (Phi) is 8.37. The normalized spacial score (nSPS) is 14.7. The molecule has 44 heavy (non-hydrogen) atoms. The van der Waals surface area contributed by atoms with E-state index >= 15 is 0 Å². The van der Waals surface area contributed by atoms with E-state index in [4.69, 9.17) is 30.8 Å². The third-order valence-electron chi connectivity index (χ3n) is 7.45. The van der Waals surface area contributed by atoms with Gasteiger partial charge in [-0.3, -0.25) is 9.36 Å². The molecular formula is C35H29ClN2O5S. The van der Waals surface area contributed by atoms with E-state index in [-0.39, 0.29) is 12.2 Å². The van der Waals surface area contributed by atoms with Crippen molar-refractivity contribution in [1.82, 2.24) is 4.57 Å². The van der Waals surface area contributed by atoms with Gasteiger partial charge in [-0.2, -0.15) is 0 Å². The molecule has 0 saturated carbocycles. The van der Waals surface area contributed by atoms with Gasteiger partial charge in [0.2, 0.25) is 0 Å². The number of nitrogens with zero attached hydrogens (tertiary/aromatic N) is 2. The number of ether oxygens (including phenoxy) is 3. The SMILES string of the molecule is CCOC(=O)C1=C(C)N=c2s/c(=C\c3ccccc3OCc3ccc(Cl)cc3)c(=O)n2[C@H]1c1c(OC)ccc2ccccc12. The molecule has 0 spiro atoms. The summed E-state index contributed by atoms with van der Waals surface area (Å²) >= 11 is 7.29. The van der Waals surface area contributed by atoms with Crippen LogP contribution in [-0.4, -0.2) is 24.3 Å². The Bertz CT molecular complexity index is 2100. The van der Waals surface area contributed by atoms with Crippen molar-refractivity contribution in [3.63, 3.8) is 0 Å². The second-order valence-corrected chi connectivity index (χ2v) is 11.6. The van der Waals surface area contributed by atoms with Crippen LogP contribution in [0.2, 0.25) is 5.02 Å². The number of esters is 1. The van der Waals surface area contributed by atoms with Crippen LogP contribution in [0.1, 0.15) is 36.6 Å². The Hall–Kier alpha value is -4.66. The molecule has 0 N–H and O–H groups in total. The maximum Gasteiger partial charge on any atom is 0.338 e. The number of carbonyl (C=O) groups is 1. The molecule has 0 saturated heterocycles. The fourth-order valence-corrected chi connectivity index (χ4v) is 6.58. The molecule has 0 amide bonds. The summed E-state index contributed by atoms with van der Waals surface area (Å²) < 4.78 is 19.5. The Morgan fingerprint density at radius 3 is 2.52 bits per heavy atom. The van der Waals surface area contributed by atoms with Crippen molar-refractivity contribution < 1.29 is 19.0 Å². The van der Waals surface area contributed by atoms with Crippen molar-refractivity contribution in [1.29, 1.82) is 0 Å². The maximum absolute atomic E-state index is 14.3. The van der Waals surface area contributed by atoms with Crippen LogP contribution in [0.4, 0.5) is 0 Å². The first kappa shape index (κ1) is 29.4. The zero-order chi connectivity index (χ0) is 30.8. The number of thiazole rings is 1. The summed E-state index contributed by atoms with van der Waals surface area (Å²) in [6.07, 6.45) is 1.81. The van der Waals surface area contributed by atoms with Crippen LogP contribution in [0.5, 0.6) is 11.5 Å². The Balaban J connectivity index is 1.52. The van der Waals surface area contributed by atoms with Gasteiger partial charge in [0.1, 0.15) is 24.1 Å². The molecule has 1 atom stereocenters. The minimum Gasteiger partial charge on any atom is -0.496 e. The highest BCUT2D eigenvalue weighted by atomic mass is 35.5. The highest BCUT2D eigenvalue weighted by Gasteiger charge is 2.36. The van der Waals surface area contributed by atoms with E-state index in [1.165, 1.54) is 11.3 Å². The molecule has 0 aliphatic carbocycles. The van der Waals surface area contributed by atoms with Crippen molar-refractivity contribution >= 4 is 45.8 Å². The Morgan fingerprint density at radius 2 is 1.75 bits per heavy atom. The first-order valence-corrected chi connectivity index (χ1v) is 15.3. The molecule has 1 aromatic heterocycles. The molecule has 1 aliphatic heterocycles. The van der Waals surface area contributed by atoms with Crippen LogP contribution in [0.25, 0.3) is 16.8 Å². The van der Waals surface area contributed by atoms with E-state index in [1.54, 1.807) is 25.5 Å². The molecule has 2 heterocycles. The highest BCUT2D eigenvalue weighted by molar-refractivity contribution is 7.07. The number of allylic oxidation sites excluding steroid dienone is 1. The van der Waals surface area contributed by atoms with Crippen molar-refractivity contribution in [3.8, 4) is 11.5 Å². The van der Waals surface area contributed by atoms with E-state index in [0.29, 0.717) is 49.3 Å². The number of halogens is 1. The van der Waals surface area contributed by atoms with Crippen molar-refractivity contribution in [2.24, 2.45) is 4.99 Å². The lowest BCUT2D eigenvalue weighted by Gasteiger charge is -2.27. The van der Waals surface area contributed by atoms with Gasteiger partial charge in [0.15, 0.2) is 4.80 Å². The van der Waals surface area contributed by atoms with Gasteiger partial charge < -0.3 is 14.2 Å². The predicted octanol–water partition coefficient (Wildman–Crippen LogP) is 6.19. The molecule has 0 radical (unpaired) electrons. The summed E-state index contributed by atoms with van der Waals surface area (Å²) in [4.78, 5) is 33.0. The fourth-order valence-electron chi connectivity index (χ4n) is 5.41. The van der Waals surface area contributed by atoms with Gasteiger partial charge in [0, 0.05) is 16.1 Å². The Labute approximate surface area is 262 Å². The smallest absolute Gasteiger partial charge is 0.338 e. The van der Waals surface area contributed by atoms with Crippen molar-refractivity contribution in [3.05, 3.63) is 138 Å².